The van der Waals surface area contributed by atoms with E-state index in [-0.39, 0.29) is 17.7 Å². The Balaban J connectivity index is 1.91. The molecule has 5 heteroatoms. The molecule has 3 rings (SSSR count). The molecule has 3 N–H and O–H groups in total. The molecule has 0 radical (unpaired) electrons. The third-order valence-electron chi connectivity index (χ3n) is 5.16. The normalized spacial score (nSPS) is 25.2. The molecular weight excluding hydrogens is 278 g/mol. The second-order valence-corrected chi connectivity index (χ2v) is 6.77. The molecule has 22 heavy (non-hydrogen) atoms. The van der Waals surface area contributed by atoms with Crippen LogP contribution in [0.1, 0.15) is 64.7 Å². The number of rotatable bonds is 2. The van der Waals surface area contributed by atoms with Crippen LogP contribution in [-0.2, 0) is 6.42 Å². The predicted molar refractivity (Wildman–Crippen MR) is 85.1 cm³/mol. The Labute approximate surface area is 131 Å². The highest BCUT2D eigenvalue weighted by atomic mass is 16.2. The van der Waals surface area contributed by atoms with Crippen molar-refractivity contribution >= 4 is 11.7 Å². The van der Waals surface area contributed by atoms with E-state index in [1.54, 1.807) is 0 Å². The van der Waals surface area contributed by atoms with E-state index in [0.29, 0.717) is 24.6 Å². The van der Waals surface area contributed by atoms with Crippen molar-refractivity contribution in [1.82, 2.24) is 9.88 Å². The van der Waals surface area contributed by atoms with Gasteiger partial charge in [0.1, 0.15) is 5.69 Å². The first-order chi connectivity index (χ1) is 10.5. The smallest absolute Gasteiger partial charge is 0.270 e. The van der Waals surface area contributed by atoms with Crippen LogP contribution in [0.5, 0.6) is 0 Å². The number of hydrogen-bond donors (Lipinski definition) is 2. The van der Waals surface area contributed by atoms with Gasteiger partial charge in [0.15, 0.2) is 5.78 Å². The molecule has 2 unspecified atom stereocenters. The Morgan fingerprint density at radius 1 is 1.41 bits per heavy atom. The van der Waals surface area contributed by atoms with Crippen molar-refractivity contribution in [3.05, 3.63) is 22.5 Å². The number of H-pyrrole nitrogens is 1. The van der Waals surface area contributed by atoms with Crippen molar-refractivity contribution in [2.24, 2.45) is 11.7 Å². The molecule has 1 amide bonds. The number of aryl methyl sites for hydroxylation is 1. The number of aromatic nitrogens is 1. The zero-order valence-corrected chi connectivity index (χ0v) is 13.4. The summed E-state index contributed by atoms with van der Waals surface area (Å²) in [6.07, 6.45) is 4.28. The van der Waals surface area contributed by atoms with Gasteiger partial charge in [-0.15, -0.1) is 0 Å². The third kappa shape index (κ3) is 2.47. The predicted octanol–water partition coefficient (Wildman–Crippen LogP) is 2.04. The van der Waals surface area contributed by atoms with Crippen LogP contribution < -0.4 is 5.73 Å². The second-order valence-electron chi connectivity index (χ2n) is 6.77. The minimum Gasteiger partial charge on any atom is -0.354 e. The topological polar surface area (TPSA) is 79.2 Å². The number of amides is 1. The molecule has 0 aromatic carbocycles. The summed E-state index contributed by atoms with van der Waals surface area (Å²) < 4.78 is 0. The van der Waals surface area contributed by atoms with Gasteiger partial charge in [0.2, 0.25) is 0 Å². The monoisotopic (exact) mass is 303 g/mol. The molecule has 1 saturated heterocycles. The van der Waals surface area contributed by atoms with Crippen LogP contribution in [0.15, 0.2) is 0 Å². The lowest BCUT2D eigenvalue weighted by molar-refractivity contribution is 0.0567. The molecule has 2 atom stereocenters. The molecule has 1 aromatic rings. The summed E-state index contributed by atoms with van der Waals surface area (Å²) in [4.78, 5) is 30.2. The van der Waals surface area contributed by atoms with Crippen LogP contribution in [0.4, 0.5) is 0 Å². The Hall–Kier alpha value is -1.62. The SMILES string of the molecule is Cc1c(C(=O)N2CCC(C)CC2CN)[nH]c2c1C(=O)CCC2. The van der Waals surface area contributed by atoms with Gasteiger partial charge >= 0.3 is 0 Å². The van der Waals surface area contributed by atoms with E-state index in [2.05, 4.69) is 11.9 Å². The molecule has 1 aliphatic carbocycles. The molecular formula is C17H25N3O2. The van der Waals surface area contributed by atoms with Crippen molar-refractivity contribution in [1.29, 1.82) is 0 Å². The summed E-state index contributed by atoms with van der Waals surface area (Å²) in [5, 5.41) is 0. The minimum atomic E-state index is 0.00190. The number of likely N-dealkylation sites (tertiary alicyclic amines) is 1. The van der Waals surface area contributed by atoms with Gasteiger partial charge in [-0.1, -0.05) is 6.92 Å². The fourth-order valence-corrected chi connectivity index (χ4v) is 3.87. The number of Topliss-reactive ketones (excluding diaryl/α,β-unsaturated/α-hetero) is 1. The maximum absolute atomic E-state index is 12.9. The van der Waals surface area contributed by atoms with Crippen molar-refractivity contribution in [2.75, 3.05) is 13.1 Å². The summed E-state index contributed by atoms with van der Waals surface area (Å²) in [6.45, 7) is 5.34. The lowest BCUT2D eigenvalue weighted by Gasteiger charge is -2.37. The number of carbonyl (C=O) groups excluding carboxylic acids is 2. The molecule has 0 saturated carbocycles. The highest BCUT2D eigenvalue weighted by Gasteiger charge is 2.33. The lowest BCUT2D eigenvalue weighted by atomic mass is 9.91. The first kappa shape index (κ1) is 15.3. The van der Waals surface area contributed by atoms with Gasteiger partial charge in [-0.2, -0.15) is 0 Å². The maximum atomic E-state index is 12.9. The largest absolute Gasteiger partial charge is 0.354 e. The number of fused-ring (bicyclic) bond motifs is 1. The van der Waals surface area contributed by atoms with Crippen molar-refractivity contribution < 1.29 is 9.59 Å². The highest BCUT2D eigenvalue weighted by Crippen LogP contribution is 2.29. The first-order valence-electron chi connectivity index (χ1n) is 8.28. The van der Waals surface area contributed by atoms with Crippen LogP contribution in [0.25, 0.3) is 0 Å². The van der Waals surface area contributed by atoms with Gasteiger partial charge in [-0.05, 0) is 44.1 Å². The Kier molecular flexibility index (Phi) is 4.08. The number of nitrogens with one attached hydrogen (secondary N) is 1. The van der Waals surface area contributed by atoms with Crippen LogP contribution in [-0.4, -0.2) is 40.7 Å². The summed E-state index contributed by atoms with van der Waals surface area (Å²) >= 11 is 0. The van der Waals surface area contributed by atoms with Gasteiger partial charge in [0, 0.05) is 36.8 Å². The van der Waals surface area contributed by atoms with E-state index in [0.717, 1.165) is 49.0 Å². The zero-order valence-electron chi connectivity index (χ0n) is 13.4. The molecule has 0 spiro atoms. The fraction of sp³-hybridized carbons (Fsp3) is 0.647. The third-order valence-corrected chi connectivity index (χ3v) is 5.16. The van der Waals surface area contributed by atoms with Gasteiger partial charge in [-0.25, -0.2) is 0 Å². The summed E-state index contributed by atoms with van der Waals surface area (Å²) in [6, 6.07) is 0.103. The van der Waals surface area contributed by atoms with Crippen LogP contribution in [0, 0.1) is 12.8 Å². The van der Waals surface area contributed by atoms with E-state index in [1.807, 2.05) is 11.8 Å². The molecule has 1 aliphatic heterocycles. The molecule has 5 nitrogen and oxygen atoms in total. The van der Waals surface area contributed by atoms with E-state index < -0.39 is 0 Å². The van der Waals surface area contributed by atoms with Gasteiger partial charge < -0.3 is 15.6 Å². The number of piperidine rings is 1. The van der Waals surface area contributed by atoms with Gasteiger partial charge in [-0.3, -0.25) is 9.59 Å². The van der Waals surface area contributed by atoms with E-state index in [1.165, 1.54) is 0 Å². The number of nitrogens with zero attached hydrogens (tertiary/aromatic N) is 1. The molecule has 1 aromatic heterocycles. The Bertz CT molecular complexity index is 605. The summed E-state index contributed by atoms with van der Waals surface area (Å²) in [5.74, 6) is 0.774. The molecule has 2 aliphatic rings. The summed E-state index contributed by atoms with van der Waals surface area (Å²) in [7, 11) is 0. The number of nitrogens with two attached hydrogens (primary N) is 1. The molecule has 1 fully saturated rings. The van der Waals surface area contributed by atoms with E-state index in [4.69, 9.17) is 5.73 Å². The van der Waals surface area contributed by atoms with Crippen molar-refractivity contribution in [3.63, 3.8) is 0 Å². The lowest BCUT2D eigenvalue weighted by Crippen LogP contribution is -2.49. The van der Waals surface area contributed by atoms with Crippen LogP contribution >= 0.6 is 0 Å². The molecule has 120 valence electrons. The van der Waals surface area contributed by atoms with Crippen molar-refractivity contribution in [3.8, 4) is 0 Å². The average molecular weight is 303 g/mol. The molecule has 2 heterocycles. The zero-order chi connectivity index (χ0) is 15.9. The number of ketones is 1. The van der Waals surface area contributed by atoms with Gasteiger partial charge in [0.05, 0.1) is 0 Å². The van der Waals surface area contributed by atoms with Crippen LogP contribution in [0.3, 0.4) is 0 Å². The van der Waals surface area contributed by atoms with Gasteiger partial charge in [0.25, 0.3) is 5.91 Å². The Morgan fingerprint density at radius 3 is 2.86 bits per heavy atom. The minimum absolute atomic E-state index is 0.00190. The summed E-state index contributed by atoms with van der Waals surface area (Å²) in [5.41, 5.74) is 8.97. The maximum Gasteiger partial charge on any atom is 0.270 e. The number of hydrogen-bond acceptors (Lipinski definition) is 3. The number of aromatic amines is 1. The van der Waals surface area contributed by atoms with Crippen molar-refractivity contribution in [2.45, 2.75) is 52.0 Å². The highest BCUT2D eigenvalue weighted by molar-refractivity contribution is 6.04. The fourth-order valence-electron chi connectivity index (χ4n) is 3.87. The van der Waals surface area contributed by atoms with Crippen LogP contribution in [0.2, 0.25) is 0 Å². The Morgan fingerprint density at radius 2 is 2.18 bits per heavy atom. The quantitative estimate of drug-likeness (QED) is 0.877. The number of carbonyl (C=O) groups is 2. The van der Waals surface area contributed by atoms with E-state index >= 15 is 0 Å². The average Bonchev–Trinajstić information content (AvgIpc) is 2.85. The second kappa shape index (κ2) is 5.88. The molecule has 0 bridgehead atoms. The first-order valence-corrected chi connectivity index (χ1v) is 8.28. The standard InChI is InChI=1S/C17H25N3O2/c1-10-6-7-20(12(8-10)9-18)17(22)16-11(2)15-13(19-16)4-3-5-14(15)21/h10,12,19H,3-9,18H2,1-2H3. The van der Waals surface area contributed by atoms with E-state index in [9.17, 15) is 9.59 Å².